The molecule has 4 bridgehead atoms. The Bertz CT molecular complexity index is 300. The number of hydrogen-bond acceptors (Lipinski definition) is 2. The molecule has 5 rings (SSSR count). The third-order valence-corrected chi connectivity index (χ3v) is 5.26. The maximum absolute atomic E-state index is 5.43. The standard InChI is InChI=1S/C14H21NO/c1-9-13(16-9)8-15-14-5-10-2-11(6-14)4-12(3-10)7-14/h8-13H,2-7H2,1H3/t9-,10?,11?,12?,13+,14?/m1/s1. The van der Waals surface area contributed by atoms with Crippen LogP contribution in [0.4, 0.5) is 0 Å². The molecule has 2 atom stereocenters. The zero-order chi connectivity index (χ0) is 10.8. The minimum atomic E-state index is 0.341. The Balaban J connectivity index is 1.55. The highest BCUT2D eigenvalue weighted by Crippen LogP contribution is 2.57. The van der Waals surface area contributed by atoms with E-state index in [1.54, 1.807) is 0 Å². The van der Waals surface area contributed by atoms with Crippen LogP contribution in [0.1, 0.15) is 45.4 Å². The monoisotopic (exact) mass is 219 g/mol. The molecule has 0 amide bonds. The van der Waals surface area contributed by atoms with E-state index in [0.29, 0.717) is 17.7 Å². The summed E-state index contributed by atoms with van der Waals surface area (Å²) < 4.78 is 5.43. The summed E-state index contributed by atoms with van der Waals surface area (Å²) in [5, 5.41) is 0. The number of nitrogens with zero attached hydrogens (tertiary/aromatic N) is 1. The maximum atomic E-state index is 5.43. The van der Waals surface area contributed by atoms with Gasteiger partial charge in [0.1, 0.15) is 6.10 Å². The summed E-state index contributed by atoms with van der Waals surface area (Å²) in [4.78, 5) is 4.98. The highest BCUT2D eigenvalue weighted by atomic mass is 16.6. The third-order valence-electron chi connectivity index (χ3n) is 5.26. The first kappa shape index (κ1) is 9.64. The zero-order valence-electron chi connectivity index (χ0n) is 10.1. The molecular weight excluding hydrogens is 198 g/mol. The van der Waals surface area contributed by atoms with Crippen molar-refractivity contribution in [3.63, 3.8) is 0 Å². The van der Waals surface area contributed by atoms with Crippen LogP contribution in [0.15, 0.2) is 4.99 Å². The predicted molar refractivity (Wildman–Crippen MR) is 63.7 cm³/mol. The summed E-state index contributed by atoms with van der Waals surface area (Å²) >= 11 is 0. The summed E-state index contributed by atoms with van der Waals surface area (Å²) in [6, 6.07) is 0. The van der Waals surface area contributed by atoms with Gasteiger partial charge in [-0.25, -0.2) is 0 Å². The Morgan fingerprint density at radius 2 is 1.56 bits per heavy atom. The van der Waals surface area contributed by atoms with Crippen LogP contribution in [0.3, 0.4) is 0 Å². The van der Waals surface area contributed by atoms with E-state index >= 15 is 0 Å². The lowest BCUT2D eigenvalue weighted by Gasteiger charge is -2.54. The van der Waals surface area contributed by atoms with E-state index in [-0.39, 0.29) is 0 Å². The molecule has 0 aromatic heterocycles. The predicted octanol–water partition coefficient (Wildman–Crippen LogP) is 2.81. The van der Waals surface area contributed by atoms with Gasteiger partial charge in [0, 0.05) is 6.21 Å². The summed E-state index contributed by atoms with van der Waals surface area (Å²) in [6.45, 7) is 2.14. The lowest BCUT2D eigenvalue weighted by Crippen LogP contribution is -2.49. The van der Waals surface area contributed by atoms with Crippen LogP contribution in [0.5, 0.6) is 0 Å². The molecule has 0 aromatic carbocycles. The van der Waals surface area contributed by atoms with Gasteiger partial charge >= 0.3 is 0 Å². The quantitative estimate of drug-likeness (QED) is 0.518. The van der Waals surface area contributed by atoms with Gasteiger partial charge in [-0.2, -0.15) is 0 Å². The molecule has 1 heterocycles. The molecule has 0 aromatic rings. The molecule has 2 nitrogen and oxygen atoms in total. The second kappa shape index (κ2) is 3.10. The van der Waals surface area contributed by atoms with Crippen molar-refractivity contribution in [1.29, 1.82) is 0 Å². The first-order valence-corrected chi connectivity index (χ1v) is 6.93. The number of hydrogen-bond donors (Lipinski definition) is 0. The smallest absolute Gasteiger partial charge is 0.118 e. The molecular formula is C14H21NO. The topological polar surface area (TPSA) is 24.9 Å². The Morgan fingerprint density at radius 1 is 1.06 bits per heavy atom. The Labute approximate surface area is 97.5 Å². The van der Waals surface area contributed by atoms with Crippen molar-refractivity contribution in [3.8, 4) is 0 Å². The van der Waals surface area contributed by atoms with E-state index in [9.17, 15) is 0 Å². The molecule has 0 unspecified atom stereocenters. The second-order valence-electron chi connectivity index (χ2n) is 6.73. The van der Waals surface area contributed by atoms with Crippen molar-refractivity contribution >= 4 is 6.21 Å². The van der Waals surface area contributed by atoms with Crippen molar-refractivity contribution in [2.75, 3.05) is 0 Å². The first-order valence-electron chi connectivity index (χ1n) is 6.93. The number of aliphatic imine (C=N–C) groups is 1. The molecule has 4 saturated carbocycles. The SMILES string of the molecule is C[C@H]1O[C@H]1C=NC12CC3CC(CC(C3)C1)C2. The van der Waals surface area contributed by atoms with E-state index in [0.717, 1.165) is 17.8 Å². The average molecular weight is 219 g/mol. The number of ether oxygens (including phenoxy) is 1. The molecule has 0 spiro atoms. The van der Waals surface area contributed by atoms with Gasteiger partial charge in [0.25, 0.3) is 0 Å². The summed E-state index contributed by atoms with van der Waals surface area (Å²) in [7, 11) is 0. The van der Waals surface area contributed by atoms with Crippen molar-refractivity contribution in [1.82, 2.24) is 0 Å². The van der Waals surface area contributed by atoms with E-state index in [1.165, 1.54) is 38.5 Å². The van der Waals surface area contributed by atoms with E-state index in [2.05, 4.69) is 13.1 Å². The molecule has 16 heavy (non-hydrogen) atoms. The number of epoxide rings is 1. The van der Waals surface area contributed by atoms with Crippen LogP contribution >= 0.6 is 0 Å². The van der Waals surface area contributed by atoms with Crippen LogP contribution in [0, 0.1) is 17.8 Å². The lowest BCUT2D eigenvalue weighted by molar-refractivity contribution is 0.00180. The first-order chi connectivity index (χ1) is 7.72. The van der Waals surface area contributed by atoms with Crippen LogP contribution in [0.2, 0.25) is 0 Å². The van der Waals surface area contributed by atoms with Crippen LogP contribution in [0.25, 0.3) is 0 Å². The zero-order valence-corrected chi connectivity index (χ0v) is 10.1. The Morgan fingerprint density at radius 3 is 2.00 bits per heavy atom. The van der Waals surface area contributed by atoms with E-state index < -0.39 is 0 Å². The minimum absolute atomic E-state index is 0.341. The second-order valence-corrected chi connectivity index (χ2v) is 6.73. The van der Waals surface area contributed by atoms with Gasteiger partial charge in [-0.3, -0.25) is 4.99 Å². The van der Waals surface area contributed by atoms with Crippen molar-refractivity contribution < 1.29 is 4.74 Å². The fraction of sp³-hybridized carbons (Fsp3) is 0.929. The van der Waals surface area contributed by atoms with Gasteiger partial charge in [0.05, 0.1) is 11.6 Å². The van der Waals surface area contributed by atoms with Crippen molar-refractivity contribution in [2.24, 2.45) is 22.7 Å². The van der Waals surface area contributed by atoms with Gasteiger partial charge in [0.15, 0.2) is 0 Å². The summed E-state index contributed by atoms with van der Waals surface area (Å²) in [6.07, 6.45) is 11.5. The van der Waals surface area contributed by atoms with Crippen LogP contribution in [-0.4, -0.2) is 24.0 Å². The van der Waals surface area contributed by atoms with Crippen molar-refractivity contribution in [3.05, 3.63) is 0 Å². The molecule has 0 N–H and O–H groups in total. The third kappa shape index (κ3) is 1.46. The van der Waals surface area contributed by atoms with Crippen molar-refractivity contribution in [2.45, 2.75) is 63.2 Å². The Hall–Kier alpha value is -0.370. The minimum Gasteiger partial charge on any atom is -0.364 e. The molecule has 5 aliphatic rings. The van der Waals surface area contributed by atoms with Gasteiger partial charge in [-0.05, 0) is 63.2 Å². The van der Waals surface area contributed by atoms with Crippen LogP contribution in [-0.2, 0) is 4.74 Å². The molecule has 0 radical (unpaired) electrons. The van der Waals surface area contributed by atoms with Crippen LogP contribution < -0.4 is 0 Å². The highest BCUT2D eigenvalue weighted by Gasteiger charge is 2.51. The van der Waals surface area contributed by atoms with Gasteiger partial charge in [-0.1, -0.05) is 0 Å². The lowest BCUT2D eigenvalue weighted by atomic mass is 9.53. The normalized spacial score (nSPS) is 58.4. The summed E-state index contributed by atoms with van der Waals surface area (Å²) in [5.41, 5.74) is 0.348. The summed E-state index contributed by atoms with van der Waals surface area (Å²) in [5.74, 6) is 3.00. The largest absolute Gasteiger partial charge is 0.364 e. The molecule has 1 aliphatic heterocycles. The van der Waals surface area contributed by atoms with E-state index in [4.69, 9.17) is 9.73 Å². The fourth-order valence-corrected chi connectivity index (χ4v) is 4.81. The molecule has 4 aliphatic carbocycles. The molecule has 1 saturated heterocycles. The molecule has 2 heteroatoms. The van der Waals surface area contributed by atoms with Gasteiger partial charge in [0.2, 0.25) is 0 Å². The molecule has 88 valence electrons. The van der Waals surface area contributed by atoms with Gasteiger partial charge in [-0.15, -0.1) is 0 Å². The average Bonchev–Trinajstić information content (AvgIpc) is 2.90. The number of rotatable bonds is 2. The highest BCUT2D eigenvalue weighted by molar-refractivity contribution is 5.67. The maximum Gasteiger partial charge on any atom is 0.118 e. The fourth-order valence-electron chi connectivity index (χ4n) is 4.81. The molecule has 5 fully saturated rings. The van der Waals surface area contributed by atoms with Gasteiger partial charge < -0.3 is 4.74 Å². The van der Waals surface area contributed by atoms with E-state index in [1.807, 2.05) is 0 Å². The Kier molecular flexibility index (Phi) is 1.86.